The Bertz CT molecular complexity index is 613. The highest BCUT2D eigenvalue weighted by atomic mass is 19.4. The summed E-state index contributed by atoms with van der Waals surface area (Å²) in [5, 5.41) is 12.1. The number of hydrogen-bond donors (Lipinski definition) is 1. The number of halogens is 13. The van der Waals surface area contributed by atoms with Crippen molar-refractivity contribution in [1.82, 2.24) is 5.32 Å². The lowest BCUT2D eigenvalue weighted by molar-refractivity contribution is -0.840. The van der Waals surface area contributed by atoms with Gasteiger partial charge in [-0.25, -0.2) is 4.74 Å². The average Bonchev–Trinajstić information content (AvgIpc) is 2.47. The van der Waals surface area contributed by atoms with E-state index in [0.29, 0.717) is 0 Å². The smallest absolute Gasteiger partial charge is 0.462 e. The summed E-state index contributed by atoms with van der Waals surface area (Å²) < 4.78 is 166. The molecule has 0 atom stereocenters. The molecule has 0 bridgehead atoms. The van der Waals surface area contributed by atoms with E-state index in [1.165, 1.54) is 4.74 Å². The van der Waals surface area contributed by atoms with Gasteiger partial charge in [-0.3, -0.25) is 4.79 Å². The van der Waals surface area contributed by atoms with Gasteiger partial charge in [-0.2, -0.15) is 57.1 Å². The predicted octanol–water partition coefficient (Wildman–Crippen LogP) is 3.74. The van der Waals surface area contributed by atoms with Crippen LogP contribution in [-0.4, -0.2) is 73.9 Å². The maximum absolute atomic E-state index is 13.4. The van der Waals surface area contributed by atoms with Crippen LogP contribution in [0.15, 0.2) is 0 Å². The highest BCUT2D eigenvalue weighted by molar-refractivity contribution is 5.84. The number of nitrogens with one attached hydrogen (secondary N) is 1. The van der Waals surface area contributed by atoms with Crippen molar-refractivity contribution in [1.29, 1.82) is 0 Å². The van der Waals surface area contributed by atoms with Crippen molar-refractivity contribution in [3.8, 4) is 0 Å². The van der Waals surface area contributed by atoms with Gasteiger partial charge in [-0.15, -0.1) is 0 Å². The molecule has 5 nitrogen and oxygen atoms in total. The maximum atomic E-state index is 13.4. The van der Waals surface area contributed by atoms with Gasteiger partial charge in [0.15, 0.2) is 0 Å². The fraction of sp³-hybridized carbons (Fsp3) is 0.917. The van der Waals surface area contributed by atoms with Crippen molar-refractivity contribution < 1.29 is 71.3 Å². The van der Waals surface area contributed by atoms with Gasteiger partial charge in [0.1, 0.15) is 0 Å². The Balaban J connectivity index is 5.57. The van der Waals surface area contributed by atoms with Crippen molar-refractivity contribution in [2.45, 2.75) is 42.6 Å². The summed E-state index contributed by atoms with van der Waals surface area (Å²) in [4.78, 5) is 11.1. The predicted molar refractivity (Wildman–Crippen MR) is 69.8 cm³/mol. The summed E-state index contributed by atoms with van der Waals surface area (Å²) >= 11 is 0. The van der Waals surface area contributed by atoms with Gasteiger partial charge >= 0.3 is 36.2 Å². The zero-order valence-corrected chi connectivity index (χ0v) is 14.7. The average molecular weight is 480 g/mol. The number of alkyl halides is 13. The van der Waals surface area contributed by atoms with Gasteiger partial charge < -0.3 is 15.2 Å². The number of rotatable bonds is 10. The Morgan fingerprint density at radius 3 is 1.60 bits per heavy atom. The molecule has 0 aliphatic heterocycles. The summed E-state index contributed by atoms with van der Waals surface area (Å²) in [6.07, 6.45) is -22.6. The minimum atomic E-state index is -7.49. The van der Waals surface area contributed by atoms with Crippen LogP contribution in [0.5, 0.6) is 0 Å². The SMILES string of the molecule is C[N+](C)([O-])CCCNC(=O)C(F)(F)C(F)(F)C(F)(F)OC(F)(F)C(F)(F)C(F)(F)F. The van der Waals surface area contributed by atoms with Crippen LogP contribution in [-0.2, 0) is 9.53 Å². The molecular weight excluding hydrogens is 467 g/mol. The van der Waals surface area contributed by atoms with Crippen molar-refractivity contribution in [2.75, 3.05) is 27.2 Å². The Labute approximate surface area is 158 Å². The largest absolute Gasteiger partial charge is 0.633 e. The second kappa shape index (κ2) is 8.18. The molecular formula is C12H13F13N2O3. The molecule has 0 fully saturated rings. The summed E-state index contributed by atoms with van der Waals surface area (Å²) in [5.41, 5.74) is 0. The molecule has 0 spiro atoms. The van der Waals surface area contributed by atoms with Crippen LogP contribution in [0.4, 0.5) is 57.1 Å². The van der Waals surface area contributed by atoms with E-state index < -0.39 is 59.7 Å². The van der Waals surface area contributed by atoms with Gasteiger partial charge in [-0.05, 0) is 0 Å². The van der Waals surface area contributed by atoms with Gasteiger partial charge in [0, 0.05) is 13.0 Å². The molecule has 0 aliphatic carbocycles. The van der Waals surface area contributed by atoms with Crippen LogP contribution >= 0.6 is 0 Å². The maximum Gasteiger partial charge on any atom is 0.462 e. The number of carbonyl (C=O) groups excluding carboxylic acids is 1. The Morgan fingerprint density at radius 2 is 1.23 bits per heavy atom. The fourth-order valence-corrected chi connectivity index (χ4v) is 1.55. The Kier molecular flexibility index (Phi) is 7.75. The first-order valence-electron chi connectivity index (χ1n) is 7.32. The minimum absolute atomic E-state index is 0.389. The number of ether oxygens (including phenoxy) is 1. The molecule has 1 amide bonds. The summed E-state index contributed by atoms with van der Waals surface area (Å²) in [6.45, 7) is -1.36. The zero-order valence-electron chi connectivity index (χ0n) is 14.7. The summed E-state index contributed by atoms with van der Waals surface area (Å²) in [7, 11) is 2.08. The van der Waals surface area contributed by atoms with E-state index in [9.17, 15) is 67.1 Å². The van der Waals surface area contributed by atoms with Gasteiger partial charge in [0.25, 0.3) is 5.91 Å². The lowest BCUT2D eigenvalue weighted by atomic mass is 10.1. The molecule has 0 aromatic heterocycles. The van der Waals surface area contributed by atoms with E-state index in [1.54, 1.807) is 0 Å². The lowest BCUT2D eigenvalue weighted by Gasteiger charge is -2.35. The van der Waals surface area contributed by atoms with E-state index in [2.05, 4.69) is 0 Å². The highest BCUT2D eigenvalue weighted by Gasteiger charge is 2.82. The Hall–Kier alpha value is -1.56. The number of carbonyl (C=O) groups is 1. The van der Waals surface area contributed by atoms with Gasteiger partial charge in [0.2, 0.25) is 0 Å². The van der Waals surface area contributed by atoms with E-state index >= 15 is 0 Å². The standard InChI is InChI=1S/C12H13F13N2O3/c1-27(2,29)5-3-4-26-6(28)7(13,14)8(15,16)11(22,23)30-12(24,25)9(17,18)10(19,20)21/h3-5H2,1-2H3,(H,26,28). The molecule has 0 aromatic rings. The first kappa shape index (κ1) is 28.4. The normalized spacial score (nSPS) is 15.3. The van der Waals surface area contributed by atoms with E-state index in [4.69, 9.17) is 0 Å². The molecule has 0 saturated carbocycles. The topological polar surface area (TPSA) is 61.4 Å². The molecule has 0 saturated heterocycles. The number of quaternary nitrogens is 1. The first-order valence-corrected chi connectivity index (χ1v) is 7.32. The molecule has 180 valence electrons. The highest BCUT2D eigenvalue weighted by Crippen LogP contribution is 2.53. The first-order chi connectivity index (χ1) is 12.8. The quantitative estimate of drug-likeness (QED) is 0.225. The van der Waals surface area contributed by atoms with Crippen LogP contribution in [0.1, 0.15) is 6.42 Å². The van der Waals surface area contributed by atoms with Crippen molar-refractivity contribution in [3.63, 3.8) is 0 Å². The molecule has 0 rings (SSSR count). The van der Waals surface area contributed by atoms with Crippen LogP contribution < -0.4 is 5.32 Å². The minimum Gasteiger partial charge on any atom is -0.633 e. The van der Waals surface area contributed by atoms with Crippen molar-refractivity contribution in [3.05, 3.63) is 5.21 Å². The van der Waals surface area contributed by atoms with Gasteiger partial charge in [-0.1, -0.05) is 0 Å². The van der Waals surface area contributed by atoms with Gasteiger partial charge in [0.05, 0.1) is 20.6 Å². The third-order valence-corrected chi connectivity index (χ3v) is 3.18. The summed E-state index contributed by atoms with van der Waals surface area (Å²) in [5.74, 6) is -24.6. The van der Waals surface area contributed by atoms with Crippen LogP contribution in [0.2, 0.25) is 0 Å². The third kappa shape index (κ3) is 5.77. The third-order valence-electron chi connectivity index (χ3n) is 3.18. The molecule has 0 aliphatic rings. The van der Waals surface area contributed by atoms with E-state index in [-0.39, 0.29) is 6.54 Å². The van der Waals surface area contributed by atoms with Crippen LogP contribution in [0.25, 0.3) is 0 Å². The van der Waals surface area contributed by atoms with Crippen LogP contribution in [0, 0.1) is 5.21 Å². The monoisotopic (exact) mass is 480 g/mol. The van der Waals surface area contributed by atoms with Crippen LogP contribution in [0.3, 0.4) is 0 Å². The molecule has 1 N–H and O–H groups in total. The molecule has 0 unspecified atom stereocenters. The lowest BCUT2D eigenvalue weighted by Crippen LogP contribution is -2.65. The number of hydroxylamine groups is 3. The molecule has 18 heteroatoms. The molecule has 0 radical (unpaired) electrons. The Morgan fingerprint density at radius 1 is 0.833 bits per heavy atom. The second-order valence-corrected chi connectivity index (χ2v) is 6.26. The van der Waals surface area contributed by atoms with E-state index in [1.807, 2.05) is 0 Å². The molecule has 0 heterocycles. The second-order valence-electron chi connectivity index (χ2n) is 6.26. The van der Waals surface area contributed by atoms with Crippen molar-refractivity contribution in [2.24, 2.45) is 0 Å². The van der Waals surface area contributed by atoms with Crippen molar-refractivity contribution >= 4 is 5.91 Å². The molecule has 0 aromatic carbocycles. The zero-order chi connectivity index (χ0) is 24.6. The summed E-state index contributed by atoms with van der Waals surface area (Å²) in [6, 6.07) is 0. The number of amides is 1. The fourth-order valence-electron chi connectivity index (χ4n) is 1.55. The number of nitrogens with zero attached hydrogens (tertiary/aromatic N) is 1. The number of hydrogen-bond acceptors (Lipinski definition) is 3. The molecule has 30 heavy (non-hydrogen) atoms. The van der Waals surface area contributed by atoms with E-state index in [0.717, 1.165) is 19.4 Å².